The number of halogens is 2. The van der Waals surface area contributed by atoms with Crippen molar-refractivity contribution in [3.8, 4) is 11.5 Å². The van der Waals surface area contributed by atoms with Crippen LogP contribution >= 0.6 is 23.2 Å². The van der Waals surface area contributed by atoms with Gasteiger partial charge in [-0.3, -0.25) is 8.98 Å². The Hall–Kier alpha value is -2.00. The van der Waals surface area contributed by atoms with Gasteiger partial charge in [0.2, 0.25) is 0 Å². The first-order chi connectivity index (χ1) is 15.0. The molecule has 174 valence electrons. The molecule has 0 aromatic heterocycles. The summed E-state index contributed by atoms with van der Waals surface area (Å²) in [5, 5.41) is 0.721. The Morgan fingerprint density at radius 2 is 1.72 bits per heavy atom. The molecule has 3 rings (SSSR count). The van der Waals surface area contributed by atoms with Crippen molar-refractivity contribution >= 4 is 39.2 Å². The third-order valence-corrected chi connectivity index (χ3v) is 7.20. The van der Waals surface area contributed by atoms with Crippen LogP contribution in [0.2, 0.25) is 10.0 Å². The Kier molecular flexibility index (Phi) is 7.29. The highest BCUT2D eigenvalue weighted by Crippen LogP contribution is 2.43. The van der Waals surface area contributed by atoms with Gasteiger partial charge in [-0.15, -0.1) is 0 Å². The first kappa shape index (κ1) is 24.6. The number of methoxy groups -OCH3 is 2. The standard InChI is InChI=1S/C22H25Cl2NO6S/c1-14(31-32(4,27)28)22(15-8-9-16(23)17(24)12-15)10-11-25(13-22)21(26)20-18(29-2)6-5-7-19(20)30-3/h5-9,12,14H,10-11,13H2,1-4H3. The molecule has 2 aromatic rings. The highest BCUT2D eigenvalue weighted by molar-refractivity contribution is 7.86. The summed E-state index contributed by atoms with van der Waals surface area (Å²) in [4.78, 5) is 15.2. The Balaban J connectivity index is 2.04. The van der Waals surface area contributed by atoms with Crippen LogP contribution in [0.25, 0.3) is 0 Å². The maximum absolute atomic E-state index is 13.5. The number of carbonyl (C=O) groups is 1. The number of rotatable bonds is 7. The molecule has 1 aliphatic rings. The average Bonchev–Trinajstić information content (AvgIpc) is 3.20. The number of amides is 1. The third kappa shape index (κ3) is 4.83. The molecular weight excluding hydrogens is 477 g/mol. The smallest absolute Gasteiger partial charge is 0.264 e. The van der Waals surface area contributed by atoms with Crippen LogP contribution in [0.1, 0.15) is 29.3 Å². The topological polar surface area (TPSA) is 82.1 Å². The van der Waals surface area contributed by atoms with Crippen LogP contribution in [0.15, 0.2) is 36.4 Å². The lowest BCUT2D eigenvalue weighted by atomic mass is 9.75. The predicted octanol–water partition coefficient (Wildman–Crippen LogP) is 4.16. The van der Waals surface area contributed by atoms with E-state index >= 15 is 0 Å². The van der Waals surface area contributed by atoms with E-state index in [0.717, 1.165) is 11.8 Å². The van der Waals surface area contributed by atoms with Crippen LogP contribution in [-0.2, 0) is 19.7 Å². The molecule has 2 aromatic carbocycles. The van der Waals surface area contributed by atoms with Crippen molar-refractivity contribution < 1.29 is 26.9 Å². The van der Waals surface area contributed by atoms with Crippen molar-refractivity contribution in [2.45, 2.75) is 24.9 Å². The third-order valence-electron chi connectivity index (χ3n) is 5.82. The fourth-order valence-electron chi connectivity index (χ4n) is 4.19. The lowest BCUT2D eigenvalue weighted by Crippen LogP contribution is -2.44. The van der Waals surface area contributed by atoms with Gasteiger partial charge in [-0.05, 0) is 43.2 Å². The van der Waals surface area contributed by atoms with Crippen molar-refractivity contribution in [2.24, 2.45) is 0 Å². The lowest BCUT2D eigenvalue weighted by Gasteiger charge is -2.35. The number of ether oxygens (including phenoxy) is 2. The number of nitrogens with zero attached hydrogens (tertiary/aromatic N) is 1. The summed E-state index contributed by atoms with van der Waals surface area (Å²) >= 11 is 12.4. The summed E-state index contributed by atoms with van der Waals surface area (Å²) in [5.74, 6) is 0.497. The summed E-state index contributed by atoms with van der Waals surface area (Å²) in [6.07, 6.45) is 0.709. The number of likely N-dealkylation sites (tertiary alicyclic amines) is 1. The van der Waals surface area contributed by atoms with Crippen molar-refractivity contribution in [1.29, 1.82) is 0 Å². The van der Waals surface area contributed by atoms with E-state index in [1.165, 1.54) is 14.2 Å². The van der Waals surface area contributed by atoms with Crippen LogP contribution in [0, 0.1) is 0 Å². The highest BCUT2D eigenvalue weighted by Gasteiger charge is 2.48. The zero-order valence-corrected chi connectivity index (χ0v) is 20.6. The van der Waals surface area contributed by atoms with E-state index in [1.54, 1.807) is 48.2 Å². The molecule has 0 spiro atoms. The Labute approximate surface area is 198 Å². The van der Waals surface area contributed by atoms with Gasteiger partial charge in [-0.25, -0.2) is 0 Å². The quantitative estimate of drug-likeness (QED) is 0.529. The molecule has 0 aliphatic carbocycles. The summed E-state index contributed by atoms with van der Waals surface area (Å²) in [6, 6.07) is 10.3. The number of hydrogen-bond donors (Lipinski definition) is 0. The molecule has 1 heterocycles. The van der Waals surface area contributed by atoms with Gasteiger partial charge in [-0.2, -0.15) is 8.42 Å². The van der Waals surface area contributed by atoms with Crippen LogP contribution in [0.4, 0.5) is 0 Å². The van der Waals surface area contributed by atoms with Crippen LogP contribution < -0.4 is 9.47 Å². The average molecular weight is 502 g/mol. The van der Waals surface area contributed by atoms with Gasteiger partial charge in [0.1, 0.15) is 17.1 Å². The molecular formula is C22H25Cl2NO6S. The minimum absolute atomic E-state index is 0.210. The summed E-state index contributed by atoms with van der Waals surface area (Å²) in [6.45, 7) is 2.26. The molecule has 1 saturated heterocycles. The SMILES string of the molecule is COc1cccc(OC)c1C(=O)N1CCC(c2ccc(Cl)c(Cl)c2)(C(C)OS(C)(=O)=O)C1. The fraction of sp³-hybridized carbons (Fsp3) is 0.409. The predicted molar refractivity (Wildman–Crippen MR) is 124 cm³/mol. The number of benzene rings is 2. The van der Waals surface area contributed by atoms with Crippen LogP contribution in [0.5, 0.6) is 11.5 Å². The second-order valence-corrected chi connectivity index (χ2v) is 10.2. The second kappa shape index (κ2) is 9.47. The highest BCUT2D eigenvalue weighted by atomic mass is 35.5. The van der Waals surface area contributed by atoms with Gasteiger partial charge in [0.25, 0.3) is 16.0 Å². The molecule has 1 fully saturated rings. The monoisotopic (exact) mass is 501 g/mol. The van der Waals surface area contributed by atoms with E-state index in [4.69, 9.17) is 36.9 Å². The zero-order chi connectivity index (χ0) is 23.7. The second-order valence-electron chi connectivity index (χ2n) is 7.74. The van der Waals surface area contributed by atoms with Crippen LogP contribution in [0.3, 0.4) is 0 Å². The molecule has 1 aliphatic heterocycles. The van der Waals surface area contributed by atoms with E-state index in [2.05, 4.69) is 0 Å². The molecule has 1 amide bonds. The van der Waals surface area contributed by atoms with E-state index in [1.807, 2.05) is 0 Å². The summed E-state index contributed by atoms with van der Waals surface area (Å²) in [5.41, 5.74) is 0.229. The molecule has 0 N–H and O–H groups in total. The van der Waals surface area contributed by atoms with Gasteiger partial charge < -0.3 is 14.4 Å². The molecule has 10 heteroatoms. The molecule has 0 saturated carbocycles. The van der Waals surface area contributed by atoms with Crippen molar-refractivity contribution in [3.05, 3.63) is 57.6 Å². The van der Waals surface area contributed by atoms with Gasteiger partial charge in [0.05, 0.1) is 36.6 Å². The van der Waals surface area contributed by atoms with Gasteiger partial charge in [0.15, 0.2) is 0 Å². The summed E-state index contributed by atoms with van der Waals surface area (Å²) in [7, 11) is -0.772. The number of hydrogen-bond acceptors (Lipinski definition) is 6. The van der Waals surface area contributed by atoms with Crippen molar-refractivity contribution in [3.63, 3.8) is 0 Å². The first-order valence-corrected chi connectivity index (χ1v) is 12.4. The van der Waals surface area contributed by atoms with E-state index < -0.39 is 21.6 Å². The lowest BCUT2D eigenvalue weighted by molar-refractivity contribution is 0.0749. The van der Waals surface area contributed by atoms with Crippen molar-refractivity contribution in [2.75, 3.05) is 33.6 Å². The van der Waals surface area contributed by atoms with E-state index in [-0.39, 0.29) is 12.5 Å². The minimum atomic E-state index is -3.74. The molecule has 2 unspecified atom stereocenters. The first-order valence-electron chi connectivity index (χ1n) is 9.86. The fourth-order valence-corrected chi connectivity index (χ4v) is 5.20. The van der Waals surface area contributed by atoms with Crippen molar-refractivity contribution in [1.82, 2.24) is 4.90 Å². The normalized spacial score (nSPS) is 19.6. The Morgan fingerprint density at radius 3 is 2.25 bits per heavy atom. The molecule has 32 heavy (non-hydrogen) atoms. The number of carbonyl (C=O) groups excluding carboxylic acids is 1. The van der Waals surface area contributed by atoms with Gasteiger partial charge in [-0.1, -0.05) is 35.3 Å². The minimum Gasteiger partial charge on any atom is -0.496 e. The Bertz CT molecular complexity index is 1100. The van der Waals surface area contributed by atoms with Crippen LogP contribution in [-0.4, -0.2) is 58.9 Å². The van der Waals surface area contributed by atoms with E-state index in [9.17, 15) is 13.2 Å². The van der Waals surface area contributed by atoms with Gasteiger partial charge >= 0.3 is 0 Å². The molecule has 0 bridgehead atoms. The maximum atomic E-state index is 13.5. The molecule has 0 radical (unpaired) electrons. The maximum Gasteiger partial charge on any atom is 0.264 e. The summed E-state index contributed by atoms with van der Waals surface area (Å²) < 4.78 is 40.0. The van der Waals surface area contributed by atoms with E-state index in [0.29, 0.717) is 40.1 Å². The Morgan fingerprint density at radius 1 is 1.09 bits per heavy atom. The molecule has 7 nitrogen and oxygen atoms in total. The largest absolute Gasteiger partial charge is 0.496 e. The van der Waals surface area contributed by atoms with Gasteiger partial charge in [0, 0.05) is 18.5 Å². The zero-order valence-electron chi connectivity index (χ0n) is 18.2. The molecule has 2 atom stereocenters.